The number of Topliss-reactive ketones (excluding diaryl/α,β-unsaturated/α-hetero) is 1. The van der Waals surface area contributed by atoms with Crippen LogP contribution in [-0.4, -0.2) is 25.3 Å². The number of hydrogen-bond acceptors (Lipinski definition) is 4. The average Bonchev–Trinajstić information content (AvgIpc) is 2.75. The molecule has 2 heterocycles. The molecule has 0 amide bonds. The van der Waals surface area contributed by atoms with Crippen molar-refractivity contribution >= 4 is 33.0 Å². The Morgan fingerprint density at radius 3 is 2.86 bits per heavy atom. The van der Waals surface area contributed by atoms with Crippen molar-refractivity contribution in [3.05, 3.63) is 20.8 Å². The molecule has 3 nitrogen and oxygen atoms in total. The molecule has 0 bridgehead atoms. The molecular formula is C9H9BrO3S. The van der Waals surface area contributed by atoms with Gasteiger partial charge in [0, 0.05) is 4.47 Å². The largest absolute Gasteiger partial charge is 0.350 e. The van der Waals surface area contributed by atoms with Gasteiger partial charge in [-0.25, -0.2) is 0 Å². The third-order valence-electron chi connectivity index (χ3n) is 1.91. The first-order valence-corrected chi connectivity index (χ1v) is 5.94. The van der Waals surface area contributed by atoms with Crippen molar-refractivity contribution in [2.45, 2.75) is 12.7 Å². The second kappa shape index (κ2) is 4.53. The van der Waals surface area contributed by atoms with Crippen LogP contribution in [0.1, 0.15) is 16.1 Å². The van der Waals surface area contributed by atoms with E-state index in [9.17, 15) is 4.79 Å². The summed E-state index contributed by atoms with van der Waals surface area (Å²) in [4.78, 5) is 12.4. The van der Waals surface area contributed by atoms with E-state index in [4.69, 9.17) is 9.47 Å². The maximum atomic E-state index is 11.7. The lowest BCUT2D eigenvalue weighted by molar-refractivity contribution is -0.0407. The molecule has 5 heteroatoms. The van der Waals surface area contributed by atoms with Crippen LogP contribution in [0.2, 0.25) is 0 Å². The number of carbonyl (C=O) groups excluding carboxylic acids is 1. The lowest BCUT2D eigenvalue weighted by Crippen LogP contribution is -2.13. The second-order valence-corrected chi connectivity index (χ2v) is 4.67. The number of halogens is 1. The van der Waals surface area contributed by atoms with E-state index in [-0.39, 0.29) is 12.1 Å². The van der Waals surface area contributed by atoms with Crippen molar-refractivity contribution in [1.82, 2.24) is 0 Å². The average molecular weight is 277 g/mol. The lowest BCUT2D eigenvalue weighted by Gasteiger charge is -2.06. The molecule has 1 aromatic heterocycles. The summed E-state index contributed by atoms with van der Waals surface area (Å²) in [7, 11) is 0. The Balaban J connectivity index is 1.98. The summed E-state index contributed by atoms with van der Waals surface area (Å²) in [5.74, 6) is 0.0683. The molecule has 1 fully saturated rings. The van der Waals surface area contributed by atoms with E-state index in [1.165, 1.54) is 11.3 Å². The summed E-state index contributed by atoms with van der Waals surface area (Å²) < 4.78 is 11.3. The van der Waals surface area contributed by atoms with E-state index in [1.807, 2.05) is 11.4 Å². The highest BCUT2D eigenvalue weighted by Crippen LogP contribution is 2.25. The Bertz CT molecular complexity index is 331. The van der Waals surface area contributed by atoms with Crippen LogP contribution in [-0.2, 0) is 9.47 Å². The van der Waals surface area contributed by atoms with Crippen molar-refractivity contribution in [3.63, 3.8) is 0 Å². The summed E-state index contributed by atoms with van der Waals surface area (Å²) in [6.45, 7) is 1.17. The van der Waals surface area contributed by atoms with Crippen LogP contribution in [0, 0.1) is 0 Å². The fourth-order valence-corrected chi connectivity index (χ4v) is 2.81. The molecule has 1 aromatic rings. The van der Waals surface area contributed by atoms with Gasteiger partial charge in [0.15, 0.2) is 12.1 Å². The van der Waals surface area contributed by atoms with Crippen LogP contribution in [0.4, 0.5) is 0 Å². The summed E-state index contributed by atoms with van der Waals surface area (Å²) >= 11 is 4.76. The zero-order valence-corrected chi connectivity index (χ0v) is 9.77. The molecular weight excluding hydrogens is 268 g/mol. The standard InChI is InChI=1S/C9H9BrO3S/c10-6-1-4-14-9(6)7(11)5-8-12-2-3-13-8/h1,4,8H,2-3,5H2. The predicted molar refractivity (Wildman–Crippen MR) is 56.7 cm³/mol. The van der Waals surface area contributed by atoms with Crippen molar-refractivity contribution in [1.29, 1.82) is 0 Å². The Kier molecular flexibility index (Phi) is 3.33. The van der Waals surface area contributed by atoms with Crippen LogP contribution >= 0.6 is 27.3 Å². The molecule has 0 radical (unpaired) electrons. The number of carbonyl (C=O) groups is 1. The maximum Gasteiger partial charge on any atom is 0.178 e. The van der Waals surface area contributed by atoms with Gasteiger partial charge in [-0.15, -0.1) is 11.3 Å². The van der Waals surface area contributed by atoms with Gasteiger partial charge < -0.3 is 9.47 Å². The van der Waals surface area contributed by atoms with Gasteiger partial charge in [0.1, 0.15) is 0 Å². The molecule has 1 aliphatic heterocycles. The minimum Gasteiger partial charge on any atom is -0.350 e. The quantitative estimate of drug-likeness (QED) is 0.796. The van der Waals surface area contributed by atoms with E-state index in [2.05, 4.69) is 15.9 Å². The lowest BCUT2D eigenvalue weighted by atomic mass is 10.2. The SMILES string of the molecule is O=C(CC1OCCO1)c1sccc1Br. The van der Waals surface area contributed by atoms with Gasteiger partial charge in [0.2, 0.25) is 0 Å². The van der Waals surface area contributed by atoms with E-state index in [0.29, 0.717) is 19.6 Å². The summed E-state index contributed by atoms with van der Waals surface area (Å²) in [6.07, 6.45) is -0.0458. The van der Waals surface area contributed by atoms with Gasteiger partial charge in [0.25, 0.3) is 0 Å². The van der Waals surface area contributed by atoms with Crippen molar-refractivity contribution in [2.75, 3.05) is 13.2 Å². The first kappa shape index (κ1) is 10.3. The molecule has 0 aliphatic carbocycles. The molecule has 1 saturated heterocycles. The molecule has 2 rings (SSSR count). The topological polar surface area (TPSA) is 35.5 Å². The fraction of sp³-hybridized carbons (Fsp3) is 0.444. The molecule has 1 aliphatic rings. The van der Waals surface area contributed by atoms with Crippen molar-refractivity contribution in [3.8, 4) is 0 Å². The first-order valence-electron chi connectivity index (χ1n) is 4.27. The van der Waals surface area contributed by atoms with E-state index >= 15 is 0 Å². The smallest absolute Gasteiger partial charge is 0.178 e. The Morgan fingerprint density at radius 2 is 2.29 bits per heavy atom. The van der Waals surface area contributed by atoms with Crippen LogP contribution in [0.25, 0.3) is 0 Å². The van der Waals surface area contributed by atoms with Crippen molar-refractivity contribution < 1.29 is 14.3 Å². The van der Waals surface area contributed by atoms with Gasteiger partial charge in [-0.3, -0.25) is 4.79 Å². The number of ketones is 1. The summed E-state index contributed by atoms with van der Waals surface area (Å²) in [6, 6.07) is 1.87. The van der Waals surface area contributed by atoms with Gasteiger partial charge in [-0.1, -0.05) is 0 Å². The Morgan fingerprint density at radius 1 is 1.57 bits per heavy atom. The molecule has 0 N–H and O–H groups in total. The maximum absolute atomic E-state index is 11.7. The summed E-state index contributed by atoms with van der Waals surface area (Å²) in [5.41, 5.74) is 0. The highest BCUT2D eigenvalue weighted by molar-refractivity contribution is 9.10. The van der Waals surface area contributed by atoms with Gasteiger partial charge in [-0.05, 0) is 27.4 Å². The highest BCUT2D eigenvalue weighted by Gasteiger charge is 2.22. The van der Waals surface area contributed by atoms with Gasteiger partial charge >= 0.3 is 0 Å². The molecule has 14 heavy (non-hydrogen) atoms. The normalized spacial score (nSPS) is 17.5. The highest BCUT2D eigenvalue weighted by atomic mass is 79.9. The van der Waals surface area contributed by atoms with Crippen LogP contribution in [0.3, 0.4) is 0 Å². The second-order valence-electron chi connectivity index (χ2n) is 2.90. The minimum absolute atomic E-state index is 0.0683. The van der Waals surface area contributed by atoms with Crippen LogP contribution in [0.5, 0.6) is 0 Å². The molecule has 0 saturated carbocycles. The van der Waals surface area contributed by atoms with Crippen molar-refractivity contribution in [2.24, 2.45) is 0 Å². The number of hydrogen-bond donors (Lipinski definition) is 0. The Hall–Kier alpha value is -0.230. The summed E-state index contributed by atoms with van der Waals surface area (Å²) in [5, 5.41) is 1.88. The first-order chi connectivity index (χ1) is 6.77. The molecule has 0 unspecified atom stereocenters. The Labute approximate surface area is 94.1 Å². The van der Waals surface area contributed by atoms with Gasteiger partial charge in [0.05, 0.1) is 24.5 Å². The monoisotopic (exact) mass is 276 g/mol. The molecule has 0 spiro atoms. The van der Waals surface area contributed by atoms with E-state index < -0.39 is 0 Å². The molecule has 76 valence electrons. The van der Waals surface area contributed by atoms with Crippen LogP contribution < -0.4 is 0 Å². The predicted octanol–water partition coefficient (Wildman–Crippen LogP) is 2.46. The number of ether oxygens (including phenoxy) is 2. The molecule has 0 aromatic carbocycles. The van der Waals surface area contributed by atoms with Crippen LogP contribution in [0.15, 0.2) is 15.9 Å². The third kappa shape index (κ3) is 2.23. The van der Waals surface area contributed by atoms with Gasteiger partial charge in [-0.2, -0.15) is 0 Å². The number of thiophene rings is 1. The minimum atomic E-state index is -0.350. The molecule has 0 atom stereocenters. The number of rotatable bonds is 3. The fourth-order valence-electron chi connectivity index (χ4n) is 1.26. The zero-order chi connectivity index (χ0) is 9.97. The van der Waals surface area contributed by atoms with E-state index in [0.717, 1.165) is 9.35 Å². The van der Waals surface area contributed by atoms with E-state index in [1.54, 1.807) is 0 Å². The zero-order valence-electron chi connectivity index (χ0n) is 7.36. The third-order valence-corrected chi connectivity index (χ3v) is 3.79.